The largest absolute Gasteiger partial charge is 2.00 e. The maximum atomic E-state index is 4.86. The van der Waals surface area contributed by atoms with Crippen LogP contribution in [0.4, 0.5) is 0 Å². The van der Waals surface area contributed by atoms with E-state index in [1.54, 1.807) is 0 Å². The van der Waals surface area contributed by atoms with Gasteiger partial charge in [0, 0.05) is 5.69 Å². The van der Waals surface area contributed by atoms with Gasteiger partial charge < -0.3 is 0 Å². The number of aromatic nitrogens is 3. The number of nitrogens with zero attached hydrogens (tertiary/aromatic N) is 3. The summed E-state index contributed by atoms with van der Waals surface area (Å²) >= 11 is 0. The molecule has 5 aromatic rings. The van der Waals surface area contributed by atoms with Gasteiger partial charge in [-0.3, -0.25) is 14.5 Å². The third-order valence-electron chi connectivity index (χ3n) is 4.66. The molecule has 0 radical (unpaired) electrons. The van der Waals surface area contributed by atoms with E-state index in [1.165, 1.54) is 0 Å². The fourth-order valence-corrected chi connectivity index (χ4v) is 3.29. The number of benzene rings is 2. The molecule has 3 nitrogen and oxygen atoms in total. The SMILES string of the molecule is [Pd+2].[c-]1cc2cccc(n2)n(-c2ccccc2)c2cccc(c[c-]c3ccccc13)n2. The van der Waals surface area contributed by atoms with Crippen LogP contribution in [0.5, 0.6) is 0 Å². The predicted octanol–water partition coefficient (Wildman–Crippen LogP) is 6.01. The van der Waals surface area contributed by atoms with Crippen LogP contribution in [0.2, 0.25) is 0 Å². The average Bonchev–Trinajstić information content (AvgIpc) is 2.78. The quantitative estimate of drug-likeness (QED) is 0.219. The molecule has 0 saturated carbocycles. The van der Waals surface area contributed by atoms with E-state index < -0.39 is 0 Å². The van der Waals surface area contributed by atoms with Crippen LogP contribution in [0.1, 0.15) is 0 Å². The summed E-state index contributed by atoms with van der Waals surface area (Å²) in [5, 5.41) is 1.93. The second-order valence-electron chi connectivity index (χ2n) is 6.64. The molecular formula is C26H17N3Pd. The molecule has 0 aliphatic rings. The van der Waals surface area contributed by atoms with Gasteiger partial charge in [0.15, 0.2) is 0 Å². The summed E-state index contributed by atoms with van der Waals surface area (Å²) in [6.45, 7) is 0. The van der Waals surface area contributed by atoms with Crippen molar-refractivity contribution in [1.82, 2.24) is 14.5 Å². The van der Waals surface area contributed by atoms with Crippen molar-refractivity contribution < 1.29 is 20.4 Å². The molecule has 0 N–H and O–H groups in total. The fraction of sp³-hybridized carbons (Fsp3) is 0. The van der Waals surface area contributed by atoms with Gasteiger partial charge in [-0.1, -0.05) is 42.5 Å². The van der Waals surface area contributed by atoms with Gasteiger partial charge in [0.05, 0.1) is 0 Å². The molecule has 146 valence electrons. The second kappa shape index (κ2) is 9.01. The second-order valence-corrected chi connectivity index (χ2v) is 6.64. The minimum Gasteiger partial charge on any atom is -0.280 e. The number of fused-ring (bicyclic) bond motifs is 5. The van der Waals surface area contributed by atoms with Gasteiger partial charge in [-0.25, -0.2) is 10.8 Å². The van der Waals surface area contributed by atoms with Gasteiger partial charge in [-0.15, -0.1) is 24.3 Å². The molecule has 4 bridgehead atoms. The van der Waals surface area contributed by atoms with Crippen molar-refractivity contribution in [3.05, 3.63) is 115 Å². The molecule has 0 spiro atoms. The van der Waals surface area contributed by atoms with E-state index in [4.69, 9.17) is 9.97 Å². The Bertz CT molecular complexity index is 1320. The number of pyridine rings is 2. The summed E-state index contributed by atoms with van der Waals surface area (Å²) in [6.07, 6.45) is 0. The number of para-hydroxylation sites is 1. The van der Waals surface area contributed by atoms with E-state index in [9.17, 15) is 0 Å². The maximum Gasteiger partial charge on any atom is 2.00 e. The molecular weight excluding hydrogens is 461 g/mol. The molecule has 0 saturated heterocycles. The summed E-state index contributed by atoms with van der Waals surface area (Å²) in [6, 6.07) is 40.7. The molecule has 4 heteroatoms. The zero-order valence-electron chi connectivity index (χ0n) is 16.0. The minimum atomic E-state index is 0. The summed E-state index contributed by atoms with van der Waals surface area (Å²) in [7, 11) is 0. The van der Waals surface area contributed by atoms with Crippen LogP contribution in [0.15, 0.2) is 103 Å². The first-order valence-electron chi connectivity index (χ1n) is 9.45. The molecule has 0 atom stereocenters. The first kappa shape index (κ1) is 20.0. The molecule has 0 aliphatic heterocycles. The monoisotopic (exact) mass is 477 g/mol. The molecule has 0 fully saturated rings. The molecule has 30 heavy (non-hydrogen) atoms. The molecule has 3 heterocycles. The summed E-state index contributed by atoms with van der Waals surface area (Å²) < 4.78 is 2.06. The van der Waals surface area contributed by atoms with Crippen molar-refractivity contribution in [1.29, 1.82) is 0 Å². The zero-order chi connectivity index (χ0) is 19.5. The summed E-state index contributed by atoms with van der Waals surface area (Å²) in [5.74, 6) is 0. The molecule has 2 aromatic carbocycles. The Morgan fingerprint density at radius 2 is 1.03 bits per heavy atom. The smallest absolute Gasteiger partial charge is 0.280 e. The van der Waals surface area contributed by atoms with Crippen LogP contribution in [0.3, 0.4) is 0 Å². The Morgan fingerprint density at radius 1 is 0.533 bits per heavy atom. The van der Waals surface area contributed by atoms with Crippen molar-refractivity contribution in [3.63, 3.8) is 0 Å². The van der Waals surface area contributed by atoms with Crippen molar-refractivity contribution >= 4 is 33.1 Å². The molecule has 0 aliphatic carbocycles. The van der Waals surface area contributed by atoms with Crippen LogP contribution >= 0.6 is 0 Å². The Hall–Kier alpha value is -3.32. The normalized spacial score (nSPS) is 10.4. The zero-order valence-corrected chi connectivity index (χ0v) is 17.5. The van der Waals surface area contributed by atoms with E-state index in [1.807, 2.05) is 91.0 Å². The van der Waals surface area contributed by atoms with Crippen molar-refractivity contribution in [2.45, 2.75) is 0 Å². The van der Waals surface area contributed by atoms with Gasteiger partial charge >= 0.3 is 20.4 Å². The van der Waals surface area contributed by atoms with E-state index >= 15 is 0 Å². The van der Waals surface area contributed by atoms with E-state index in [2.05, 4.69) is 28.8 Å². The first-order valence-corrected chi connectivity index (χ1v) is 9.45. The Morgan fingerprint density at radius 3 is 1.57 bits per heavy atom. The number of hydrogen-bond donors (Lipinski definition) is 0. The van der Waals surface area contributed by atoms with Crippen LogP contribution in [-0.4, -0.2) is 14.5 Å². The number of rotatable bonds is 1. The van der Waals surface area contributed by atoms with Gasteiger partial charge in [-0.2, -0.15) is 24.3 Å². The topological polar surface area (TPSA) is 30.7 Å². The molecule has 0 unspecified atom stereocenters. The van der Waals surface area contributed by atoms with Crippen molar-refractivity contribution in [2.24, 2.45) is 0 Å². The van der Waals surface area contributed by atoms with Gasteiger partial charge in [0.2, 0.25) is 0 Å². The third-order valence-corrected chi connectivity index (χ3v) is 4.66. The van der Waals surface area contributed by atoms with Crippen LogP contribution in [-0.2, 0) is 20.4 Å². The predicted molar refractivity (Wildman–Crippen MR) is 118 cm³/mol. The van der Waals surface area contributed by atoms with Gasteiger partial charge in [0.25, 0.3) is 0 Å². The van der Waals surface area contributed by atoms with Gasteiger partial charge in [0.1, 0.15) is 11.3 Å². The minimum absolute atomic E-state index is 0. The summed E-state index contributed by atoms with van der Waals surface area (Å²) in [4.78, 5) is 9.72. The average molecular weight is 478 g/mol. The molecule has 3 aromatic heterocycles. The molecule has 0 amide bonds. The third kappa shape index (κ3) is 4.16. The number of hydrogen-bond acceptors (Lipinski definition) is 2. The van der Waals surface area contributed by atoms with Crippen LogP contribution in [0, 0.1) is 12.1 Å². The molecule has 5 rings (SSSR count). The Kier molecular flexibility index (Phi) is 6.00. The van der Waals surface area contributed by atoms with Gasteiger partial charge in [-0.05, 0) is 35.3 Å². The Balaban J connectivity index is 0.00000218. The van der Waals surface area contributed by atoms with Crippen LogP contribution in [0.25, 0.3) is 38.8 Å². The summed E-state index contributed by atoms with van der Waals surface area (Å²) in [5.41, 5.74) is 4.27. The first-order chi connectivity index (χ1) is 14.4. The van der Waals surface area contributed by atoms with Crippen molar-refractivity contribution in [3.8, 4) is 5.69 Å². The van der Waals surface area contributed by atoms with E-state index in [0.29, 0.717) is 0 Å². The fourth-order valence-electron chi connectivity index (χ4n) is 3.29. The van der Waals surface area contributed by atoms with E-state index in [-0.39, 0.29) is 20.4 Å². The standard InChI is InChI=1S/C26H17N3.Pd/c1-2-12-24(13-3-1)29-25-14-6-10-22(27-25)18-16-20-8-4-5-9-21(20)17-19-23-11-7-15-26(29)28-23;/h1-15,18-19H;/q-2;+2. The Labute approximate surface area is 188 Å². The van der Waals surface area contributed by atoms with E-state index in [0.717, 1.165) is 38.8 Å². The van der Waals surface area contributed by atoms with Crippen LogP contribution < -0.4 is 0 Å². The van der Waals surface area contributed by atoms with Crippen molar-refractivity contribution in [2.75, 3.05) is 0 Å². The maximum absolute atomic E-state index is 4.86.